The molecule has 0 bridgehead atoms. The van der Waals surface area contributed by atoms with E-state index in [1.165, 1.54) is 7.11 Å². The summed E-state index contributed by atoms with van der Waals surface area (Å²) >= 11 is 0. The molecular weight excluding hydrogens is 340 g/mol. The maximum absolute atomic E-state index is 12.4. The fourth-order valence-corrected chi connectivity index (χ4v) is 2.66. The summed E-state index contributed by atoms with van der Waals surface area (Å²) in [5.74, 6) is 0.0942. The Hall–Kier alpha value is -3.60. The van der Waals surface area contributed by atoms with Gasteiger partial charge in [0.2, 0.25) is 0 Å². The van der Waals surface area contributed by atoms with Gasteiger partial charge in [0.1, 0.15) is 5.75 Å². The third kappa shape index (κ3) is 4.73. The average Bonchev–Trinajstić information content (AvgIpc) is 2.73. The maximum Gasteiger partial charge on any atom is 0.255 e. The number of amides is 2. The van der Waals surface area contributed by atoms with Gasteiger partial charge in [0, 0.05) is 17.8 Å². The van der Waals surface area contributed by atoms with Gasteiger partial charge in [0.15, 0.2) is 0 Å². The highest BCUT2D eigenvalue weighted by atomic mass is 16.5. The monoisotopic (exact) mass is 360 g/mol. The minimum Gasteiger partial charge on any atom is -0.496 e. The summed E-state index contributed by atoms with van der Waals surface area (Å²) in [6, 6.07) is 23.5. The van der Waals surface area contributed by atoms with E-state index < -0.39 is 0 Å². The molecule has 2 N–H and O–H groups in total. The standard InChI is InChI=1S/C22H20N2O3/c1-27-20-13-6-5-12-19(20)22(26)23-15-16-8-7-9-17(14-16)21(25)24-18-10-3-2-4-11-18/h2-14H,15H2,1H3,(H,23,26)(H,24,25). The number of anilines is 1. The highest BCUT2D eigenvalue weighted by Gasteiger charge is 2.12. The molecular formula is C22H20N2O3. The first-order chi connectivity index (χ1) is 13.2. The van der Waals surface area contributed by atoms with Crippen LogP contribution in [-0.2, 0) is 6.54 Å². The number of benzene rings is 3. The van der Waals surface area contributed by atoms with Crippen molar-refractivity contribution in [3.63, 3.8) is 0 Å². The van der Waals surface area contributed by atoms with Crippen LogP contribution in [0.5, 0.6) is 5.75 Å². The van der Waals surface area contributed by atoms with E-state index in [0.717, 1.165) is 11.3 Å². The minimum atomic E-state index is -0.230. The Morgan fingerprint density at radius 1 is 0.852 bits per heavy atom. The van der Waals surface area contributed by atoms with Crippen molar-refractivity contribution in [2.75, 3.05) is 12.4 Å². The number of rotatable bonds is 6. The van der Waals surface area contributed by atoms with Crippen molar-refractivity contribution in [3.8, 4) is 5.75 Å². The summed E-state index contributed by atoms with van der Waals surface area (Å²) in [6.45, 7) is 0.309. The molecule has 0 unspecified atom stereocenters. The molecule has 0 aliphatic rings. The zero-order valence-corrected chi connectivity index (χ0v) is 14.9. The summed E-state index contributed by atoms with van der Waals surface area (Å²) in [6.07, 6.45) is 0. The molecule has 0 saturated carbocycles. The summed E-state index contributed by atoms with van der Waals surface area (Å²) in [7, 11) is 1.53. The number of para-hydroxylation sites is 2. The van der Waals surface area contributed by atoms with Crippen molar-refractivity contribution in [1.29, 1.82) is 0 Å². The Morgan fingerprint density at radius 3 is 2.37 bits per heavy atom. The van der Waals surface area contributed by atoms with Crippen LogP contribution in [0.2, 0.25) is 0 Å². The summed E-state index contributed by atoms with van der Waals surface area (Å²) in [5, 5.41) is 5.70. The van der Waals surface area contributed by atoms with Gasteiger partial charge in [-0.1, -0.05) is 42.5 Å². The maximum atomic E-state index is 12.4. The van der Waals surface area contributed by atoms with Crippen LogP contribution in [0.25, 0.3) is 0 Å². The molecule has 0 heterocycles. The van der Waals surface area contributed by atoms with E-state index >= 15 is 0 Å². The van der Waals surface area contributed by atoms with Crippen LogP contribution in [0.1, 0.15) is 26.3 Å². The fourth-order valence-electron chi connectivity index (χ4n) is 2.66. The summed E-state index contributed by atoms with van der Waals surface area (Å²) < 4.78 is 5.21. The number of hydrogen-bond donors (Lipinski definition) is 2. The van der Waals surface area contributed by atoms with Crippen LogP contribution < -0.4 is 15.4 Å². The Kier molecular flexibility index (Phi) is 5.84. The molecule has 0 saturated heterocycles. The van der Waals surface area contributed by atoms with E-state index in [1.54, 1.807) is 36.4 Å². The lowest BCUT2D eigenvalue weighted by atomic mass is 10.1. The molecule has 5 nitrogen and oxygen atoms in total. The van der Waals surface area contributed by atoms with E-state index in [9.17, 15) is 9.59 Å². The van der Waals surface area contributed by atoms with Crippen molar-refractivity contribution in [2.24, 2.45) is 0 Å². The van der Waals surface area contributed by atoms with E-state index in [-0.39, 0.29) is 11.8 Å². The Morgan fingerprint density at radius 2 is 1.59 bits per heavy atom. The van der Waals surface area contributed by atoms with Crippen molar-refractivity contribution in [1.82, 2.24) is 5.32 Å². The first-order valence-corrected chi connectivity index (χ1v) is 8.54. The predicted molar refractivity (Wildman–Crippen MR) is 105 cm³/mol. The lowest BCUT2D eigenvalue weighted by Gasteiger charge is -2.10. The van der Waals surface area contributed by atoms with Crippen LogP contribution in [0.15, 0.2) is 78.9 Å². The van der Waals surface area contributed by atoms with Gasteiger partial charge < -0.3 is 15.4 Å². The van der Waals surface area contributed by atoms with Gasteiger partial charge in [-0.2, -0.15) is 0 Å². The van der Waals surface area contributed by atoms with Gasteiger partial charge in [-0.25, -0.2) is 0 Å². The molecule has 3 rings (SSSR count). The Bertz CT molecular complexity index is 939. The quantitative estimate of drug-likeness (QED) is 0.701. The molecule has 5 heteroatoms. The second-order valence-electron chi connectivity index (χ2n) is 5.90. The highest BCUT2D eigenvalue weighted by molar-refractivity contribution is 6.04. The summed E-state index contributed by atoms with van der Waals surface area (Å²) in [5.41, 5.74) is 2.57. The lowest BCUT2D eigenvalue weighted by Crippen LogP contribution is -2.23. The van der Waals surface area contributed by atoms with Crippen molar-refractivity contribution in [3.05, 3.63) is 95.6 Å². The first kappa shape index (κ1) is 18.2. The molecule has 0 atom stereocenters. The van der Waals surface area contributed by atoms with Crippen LogP contribution in [0, 0.1) is 0 Å². The van der Waals surface area contributed by atoms with Crippen LogP contribution in [-0.4, -0.2) is 18.9 Å². The zero-order valence-electron chi connectivity index (χ0n) is 14.9. The number of carbonyl (C=O) groups is 2. The van der Waals surface area contributed by atoms with Crippen molar-refractivity contribution in [2.45, 2.75) is 6.54 Å². The second kappa shape index (κ2) is 8.67. The number of ether oxygens (including phenoxy) is 1. The third-order valence-corrected chi connectivity index (χ3v) is 4.03. The van der Waals surface area contributed by atoms with Crippen LogP contribution >= 0.6 is 0 Å². The topological polar surface area (TPSA) is 67.4 Å². The second-order valence-corrected chi connectivity index (χ2v) is 5.90. The lowest BCUT2D eigenvalue weighted by molar-refractivity contribution is 0.0947. The molecule has 136 valence electrons. The molecule has 0 aromatic heterocycles. The van der Waals surface area contributed by atoms with E-state index in [1.807, 2.05) is 42.5 Å². The number of carbonyl (C=O) groups excluding carboxylic acids is 2. The van der Waals surface area contributed by atoms with Gasteiger partial charge in [0.25, 0.3) is 11.8 Å². The van der Waals surface area contributed by atoms with E-state index in [2.05, 4.69) is 10.6 Å². The number of nitrogens with one attached hydrogen (secondary N) is 2. The minimum absolute atomic E-state index is 0.195. The zero-order chi connectivity index (χ0) is 19.1. The van der Waals surface area contributed by atoms with Crippen molar-refractivity contribution >= 4 is 17.5 Å². The third-order valence-electron chi connectivity index (χ3n) is 4.03. The molecule has 0 radical (unpaired) electrons. The normalized spacial score (nSPS) is 10.1. The van der Waals surface area contributed by atoms with E-state index in [0.29, 0.717) is 23.4 Å². The number of methoxy groups -OCH3 is 1. The SMILES string of the molecule is COc1ccccc1C(=O)NCc1cccc(C(=O)Nc2ccccc2)c1. The molecule has 2 amide bonds. The molecule has 3 aromatic rings. The number of hydrogen-bond acceptors (Lipinski definition) is 3. The Balaban J connectivity index is 1.65. The van der Waals surface area contributed by atoms with Gasteiger partial charge >= 0.3 is 0 Å². The van der Waals surface area contributed by atoms with E-state index in [4.69, 9.17) is 4.74 Å². The fraction of sp³-hybridized carbons (Fsp3) is 0.0909. The molecule has 0 aliphatic carbocycles. The average molecular weight is 360 g/mol. The van der Waals surface area contributed by atoms with Crippen LogP contribution in [0.4, 0.5) is 5.69 Å². The largest absolute Gasteiger partial charge is 0.496 e. The highest BCUT2D eigenvalue weighted by Crippen LogP contribution is 2.17. The Labute approximate surface area is 158 Å². The summed E-state index contributed by atoms with van der Waals surface area (Å²) in [4.78, 5) is 24.8. The smallest absolute Gasteiger partial charge is 0.255 e. The van der Waals surface area contributed by atoms with Crippen molar-refractivity contribution < 1.29 is 14.3 Å². The molecule has 3 aromatic carbocycles. The molecule has 0 aliphatic heterocycles. The molecule has 0 spiro atoms. The van der Waals surface area contributed by atoms with Crippen LogP contribution in [0.3, 0.4) is 0 Å². The van der Waals surface area contributed by atoms with Gasteiger partial charge in [0.05, 0.1) is 12.7 Å². The van der Waals surface area contributed by atoms with Gasteiger partial charge in [-0.05, 0) is 42.0 Å². The van der Waals surface area contributed by atoms with Gasteiger partial charge in [-0.15, -0.1) is 0 Å². The molecule has 27 heavy (non-hydrogen) atoms. The molecule has 0 fully saturated rings. The first-order valence-electron chi connectivity index (χ1n) is 8.54. The predicted octanol–water partition coefficient (Wildman–Crippen LogP) is 3.88. The van der Waals surface area contributed by atoms with Gasteiger partial charge in [-0.3, -0.25) is 9.59 Å².